The highest BCUT2D eigenvalue weighted by atomic mass is 35.5. The van der Waals surface area contributed by atoms with E-state index in [1.807, 2.05) is 0 Å². The number of hydrogen-bond acceptors (Lipinski definition) is 5. The van der Waals surface area contributed by atoms with E-state index < -0.39 is 10.9 Å². The molecule has 0 atom stereocenters. The van der Waals surface area contributed by atoms with E-state index in [1.54, 1.807) is 7.05 Å². The summed E-state index contributed by atoms with van der Waals surface area (Å²) in [5.74, 6) is -1.10. The third-order valence-electron chi connectivity index (χ3n) is 2.47. The molecule has 0 amide bonds. The van der Waals surface area contributed by atoms with E-state index in [4.69, 9.17) is 16.7 Å². The Morgan fingerprint density at radius 2 is 2.25 bits per heavy atom. The van der Waals surface area contributed by atoms with Crippen LogP contribution in [0.4, 0.5) is 17.2 Å². The highest BCUT2D eigenvalue weighted by molar-refractivity contribution is 6.33. The molecule has 2 N–H and O–H groups in total. The summed E-state index contributed by atoms with van der Waals surface area (Å²) >= 11 is 5.82. The lowest BCUT2D eigenvalue weighted by Crippen LogP contribution is -2.00. The van der Waals surface area contributed by atoms with Gasteiger partial charge >= 0.3 is 11.7 Å². The molecular formula is C11H9ClN4O4. The Morgan fingerprint density at radius 1 is 1.55 bits per heavy atom. The normalized spacial score (nSPS) is 10.3. The fourth-order valence-corrected chi connectivity index (χ4v) is 1.86. The van der Waals surface area contributed by atoms with Crippen LogP contribution in [0.15, 0.2) is 24.4 Å². The van der Waals surface area contributed by atoms with Crippen molar-refractivity contribution in [3.63, 3.8) is 0 Å². The molecule has 0 unspecified atom stereocenters. The summed E-state index contributed by atoms with van der Waals surface area (Å²) in [5.41, 5.74) is 0.167. The fraction of sp³-hybridized carbons (Fsp3) is 0.0909. The molecule has 0 spiro atoms. The number of aromatic carboxylic acids is 1. The minimum Gasteiger partial charge on any atom is -0.478 e. The van der Waals surface area contributed by atoms with E-state index in [1.165, 1.54) is 29.1 Å². The van der Waals surface area contributed by atoms with Gasteiger partial charge in [-0.3, -0.25) is 14.8 Å². The number of aryl methyl sites for hydroxylation is 1. The third-order valence-corrected chi connectivity index (χ3v) is 2.78. The monoisotopic (exact) mass is 296 g/mol. The van der Waals surface area contributed by atoms with Crippen molar-refractivity contribution in [2.45, 2.75) is 0 Å². The fourth-order valence-electron chi connectivity index (χ4n) is 1.60. The minimum absolute atomic E-state index is 0.0288. The maximum atomic E-state index is 10.8. The number of benzene rings is 1. The van der Waals surface area contributed by atoms with E-state index in [9.17, 15) is 14.9 Å². The van der Waals surface area contributed by atoms with Gasteiger partial charge in [0.25, 0.3) is 0 Å². The number of hydrogen-bond donors (Lipinski definition) is 2. The van der Waals surface area contributed by atoms with Crippen LogP contribution in [-0.4, -0.2) is 25.8 Å². The second kappa shape index (κ2) is 5.17. The van der Waals surface area contributed by atoms with Gasteiger partial charge in [0.2, 0.25) is 5.82 Å². The van der Waals surface area contributed by atoms with E-state index in [0.717, 1.165) is 0 Å². The smallest absolute Gasteiger partial charge is 0.337 e. The number of carbonyl (C=O) groups is 1. The van der Waals surface area contributed by atoms with E-state index >= 15 is 0 Å². The Morgan fingerprint density at radius 3 is 2.80 bits per heavy atom. The summed E-state index contributed by atoms with van der Waals surface area (Å²) in [5, 5.41) is 26.4. The molecule has 8 nitrogen and oxygen atoms in total. The average molecular weight is 297 g/mol. The number of carboxylic acid groups (broad SMARTS) is 1. The van der Waals surface area contributed by atoms with Crippen molar-refractivity contribution in [2.24, 2.45) is 7.05 Å². The molecule has 0 bridgehead atoms. The molecule has 0 saturated heterocycles. The molecule has 0 radical (unpaired) electrons. The van der Waals surface area contributed by atoms with Gasteiger partial charge in [0.15, 0.2) is 0 Å². The van der Waals surface area contributed by atoms with Gasteiger partial charge in [-0.2, -0.15) is 0 Å². The number of halogens is 1. The van der Waals surface area contributed by atoms with Gasteiger partial charge in [0.05, 0.1) is 15.5 Å². The van der Waals surface area contributed by atoms with Gasteiger partial charge in [0.1, 0.15) is 6.20 Å². The molecule has 0 fully saturated rings. The standard InChI is InChI=1S/C11H9ClN4O4/c1-15-5-9(16(19)20)10(14-15)13-6-2-3-7(11(17)18)8(12)4-6/h2-5H,1H3,(H,13,14)(H,17,18). The molecule has 104 valence electrons. The second-order valence-corrected chi connectivity index (χ2v) is 4.33. The Balaban J connectivity index is 2.33. The van der Waals surface area contributed by atoms with Crippen LogP contribution in [0.2, 0.25) is 5.02 Å². The van der Waals surface area contributed by atoms with Crippen LogP contribution in [0.1, 0.15) is 10.4 Å². The summed E-state index contributed by atoms with van der Waals surface area (Å²) in [6.07, 6.45) is 1.26. The van der Waals surface area contributed by atoms with Gasteiger partial charge < -0.3 is 10.4 Å². The Labute approximate surface area is 117 Å². The summed E-state index contributed by atoms with van der Waals surface area (Å²) in [7, 11) is 1.55. The quantitative estimate of drug-likeness (QED) is 0.662. The number of nitro groups is 1. The van der Waals surface area contributed by atoms with Crippen molar-refractivity contribution >= 4 is 34.8 Å². The number of carboxylic acids is 1. The maximum Gasteiger partial charge on any atom is 0.337 e. The number of nitrogens with one attached hydrogen (secondary N) is 1. The topological polar surface area (TPSA) is 110 Å². The first-order valence-electron chi connectivity index (χ1n) is 5.36. The summed E-state index contributed by atoms with van der Waals surface area (Å²) in [6.45, 7) is 0. The lowest BCUT2D eigenvalue weighted by atomic mass is 10.2. The zero-order valence-electron chi connectivity index (χ0n) is 10.2. The molecule has 2 aromatic rings. The van der Waals surface area contributed by atoms with E-state index in [-0.39, 0.29) is 22.1 Å². The number of rotatable bonds is 4. The van der Waals surface area contributed by atoms with Gasteiger partial charge in [-0.25, -0.2) is 4.79 Å². The molecule has 9 heteroatoms. The van der Waals surface area contributed by atoms with Crippen LogP contribution in [-0.2, 0) is 7.05 Å². The molecule has 1 aromatic carbocycles. The summed E-state index contributed by atoms with van der Waals surface area (Å²) in [6, 6.07) is 4.12. The lowest BCUT2D eigenvalue weighted by Gasteiger charge is -2.05. The zero-order valence-corrected chi connectivity index (χ0v) is 11.0. The minimum atomic E-state index is -1.15. The summed E-state index contributed by atoms with van der Waals surface area (Å²) < 4.78 is 1.30. The predicted octanol–water partition coefficient (Wildman–Crippen LogP) is 2.42. The van der Waals surface area contributed by atoms with Crippen molar-refractivity contribution < 1.29 is 14.8 Å². The first-order valence-corrected chi connectivity index (χ1v) is 5.74. The van der Waals surface area contributed by atoms with Crippen LogP contribution in [0.3, 0.4) is 0 Å². The molecule has 0 saturated carbocycles. The molecular weight excluding hydrogens is 288 g/mol. The van der Waals surface area contributed by atoms with Crippen LogP contribution in [0, 0.1) is 10.1 Å². The van der Waals surface area contributed by atoms with Crippen LogP contribution >= 0.6 is 11.6 Å². The third kappa shape index (κ3) is 2.69. The average Bonchev–Trinajstić information content (AvgIpc) is 2.70. The van der Waals surface area contributed by atoms with Gasteiger partial charge in [-0.1, -0.05) is 11.6 Å². The van der Waals surface area contributed by atoms with E-state index in [2.05, 4.69) is 10.4 Å². The van der Waals surface area contributed by atoms with Crippen molar-refractivity contribution in [3.05, 3.63) is 45.1 Å². The number of aromatic nitrogens is 2. The molecule has 0 aliphatic carbocycles. The van der Waals surface area contributed by atoms with Crippen LogP contribution in [0.25, 0.3) is 0 Å². The second-order valence-electron chi connectivity index (χ2n) is 3.92. The van der Waals surface area contributed by atoms with Gasteiger partial charge in [-0.15, -0.1) is 5.10 Å². The maximum absolute atomic E-state index is 10.8. The SMILES string of the molecule is Cn1cc([N+](=O)[O-])c(Nc2ccc(C(=O)O)c(Cl)c2)n1. The predicted molar refractivity (Wildman–Crippen MR) is 71.6 cm³/mol. The zero-order chi connectivity index (χ0) is 14.9. The molecule has 20 heavy (non-hydrogen) atoms. The Kier molecular flexibility index (Phi) is 3.57. The first-order chi connectivity index (χ1) is 9.38. The summed E-state index contributed by atoms with van der Waals surface area (Å²) in [4.78, 5) is 21.1. The van der Waals surface area contributed by atoms with E-state index in [0.29, 0.717) is 5.69 Å². The van der Waals surface area contributed by atoms with Gasteiger partial charge in [-0.05, 0) is 18.2 Å². The molecule has 0 aliphatic heterocycles. The van der Waals surface area contributed by atoms with Crippen LogP contribution in [0.5, 0.6) is 0 Å². The molecule has 2 rings (SSSR count). The van der Waals surface area contributed by atoms with Crippen molar-refractivity contribution in [2.75, 3.05) is 5.32 Å². The number of nitrogens with zero attached hydrogens (tertiary/aromatic N) is 3. The Bertz CT molecular complexity index is 698. The lowest BCUT2D eigenvalue weighted by molar-refractivity contribution is -0.384. The highest BCUT2D eigenvalue weighted by Gasteiger charge is 2.19. The van der Waals surface area contributed by atoms with Crippen LogP contribution < -0.4 is 5.32 Å². The molecule has 1 heterocycles. The number of anilines is 2. The molecule has 0 aliphatic rings. The van der Waals surface area contributed by atoms with Crippen molar-refractivity contribution in [1.82, 2.24) is 9.78 Å². The van der Waals surface area contributed by atoms with Gasteiger partial charge in [0, 0.05) is 12.7 Å². The highest BCUT2D eigenvalue weighted by Crippen LogP contribution is 2.28. The Hall–Kier alpha value is -2.61. The van der Waals surface area contributed by atoms with Crippen molar-refractivity contribution in [1.29, 1.82) is 0 Å². The molecule has 1 aromatic heterocycles. The first kappa shape index (κ1) is 13.8. The largest absolute Gasteiger partial charge is 0.478 e. The van der Waals surface area contributed by atoms with Crippen molar-refractivity contribution in [3.8, 4) is 0 Å².